The van der Waals surface area contributed by atoms with Crippen molar-refractivity contribution < 1.29 is 4.79 Å². The number of carbonyl (C=O) groups excluding carboxylic acids is 1. The van der Waals surface area contributed by atoms with Gasteiger partial charge >= 0.3 is 0 Å². The van der Waals surface area contributed by atoms with Crippen LogP contribution in [0.2, 0.25) is 0 Å². The van der Waals surface area contributed by atoms with Gasteiger partial charge in [0.15, 0.2) is 0 Å². The van der Waals surface area contributed by atoms with Crippen molar-refractivity contribution in [2.24, 2.45) is 0 Å². The Morgan fingerprint density at radius 2 is 1.75 bits per heavy atom. The molecule has 0 saturated carbocycles. The van der Waals surface area contributed by atoms with E-state index in [9.17, 15) is 10.1 Å². The largest absolute Gasteiger partial charge is 0.360 e. The molecular formula is C19H18BrN3O. The molecule has 0 aliphatic carbocycles. The first kappa shape index (κ1) is 17.8. The van der Waals surface area contributed by atoms with Gasteiger partial charge in [0.1, 0.15) is 11.6 Å². The lowest BCUT2D eigenvalue weighted by Gasteiger charge is -2.09. The fraction of sp³-hybridized carbons (Fsp3) is 0.158. The number of aryl methyl sites for hydroxylation is 3. The lowest BCUT2D eigenvalue weighted by Crippen LogP contribution is -2.15. The molecule has 0 saturated heterocycles. The molecule has 0 fully saturated rings. The van der Waals surface area contributed by atoms with Crippen LogP contribution in [-0.2, 0) is 4.79 Å². The SMILES string of the molecule is Cc1ccc(NC(=O)/C(C#N)=C\Nc2ccc(Br)cc2C)c(C)c1. The van der Waals surface area contributed by atoms with Gasteiger partial charge in [-0.1, -0.05) is 33.6 Å². The molecule has 4 nitrogen and oxygen atoms in total. The summed E-state index contributed by atoms with van der Waals surface area (Å²) in [4.78, 5) is 12.3. The van der Waals surface area contributed by atoms with Gasteiger partial charge in [0, 0.05) is 22.0 Å². The number of nitrogens with zero attached hydrogens (tertiary/aromatic N) is 1. The van der Waals surface area contributed by atoms with Crippen LogP contribution in [0, 0.1) is 32.1 Å². The Kier molecular flexibility index (Phi) is 5.78. The fourth-order valence-corrected chi connectivity index (χ4v) is 2.71. The first-order valence-corrected chi connectivity index (χ1v) is 8.21. The van der Waals surface area contributed by atoms with Crippen molar-refractivity contribution in [2.45, 2.75) is 20.8 Å². The Hall–Kier alpha value is -2.58. The van der Waals surface area contributed by atoms with Crippen LogP contribution in [-0.4, -0.2) is 5.91 Å². The summed E-state index contributed by atoms with van der Waals surface area (Å²) in [5, 5.41) is 15.0. The second kappa shape index (κ2) is 7.80. The Morgan fingerprint density at radius 1 is 1.08 bits per heavy atom. The van der Waals surface area contributed by atoms with E-state index in [1.54, 1.807) is 0 Å². The van der Waals surface area contributed by atoms with Crippen LogP contribution < -0.4 is 10.6 Å². The number of anilines is 2. The van der Waals surface area contributed by atoms with Gasteiger partial charge in [-0.3, -0.25) is 4.79 Å². The van der Waals surface area contributed by atoms with Crippen LogP contribution in [0.3, 0.4) is 0 Å². The highest BCUT2D eigenvalue weighted by Gasteiger charge is 2.11. The molecule has 5 heteroatoms. The highest BCUT2D eigenvalue weighted by Crippen LogP contribution is 2.21. The lowest BCUT2D eigenvalue weighted by molar-refractivity contribution is -0.112. The highest BCUT2D eigenvalue weighted by molar-refractivity contribution is 9.10. The van der Waals surface area contributed by atoms with Crippen LogP contribution in [0.4, 0.5) is 11.4 Å². The Morgan fingerprint density at radius 3 is 2.38 bits per heavy atom. The second-order valence-electron chi connectivity index (χ2n) is 5.55. The third kappa shape index (κ3) is 4.46. The molecule has 0 spiro atoms. The highest BCUT2D eigenvalue weighted by atomic mass is 79.9. The van der Waals surface area contributed by atoms with Gasteiger partial charge < -0.3 is 10.6 Å². The van der Waals surface area contributed by atoms with E-state index in [0.717, 1.165) is 26.9 Å². The van der Waals surface area contributed by atoms with Crippen molar-refractivity contribution >= 4 is 33.2 Å². The first-order chi connectivity index (χ1) is 11.4. The van der Waals surface area contributed by atoms with Crippen molar-refractivity contribution in [2.75, 3.05) is 10.6 Å². The maximum Gasteiger partial charge on any atom is 0.267 e. The van der Waals surface area contributed by atoms with Crippen molar-refractivity contribution in [1.82, 2.24) is 0 Å². The molecule has 0 aromatic heterocycles. The van der Waals surface area contributed by atoms with E-state index in [1.807, 2.05) is 63.2 Å². The molecule has 24 heavy (non-hydrogen) atoms. The zero-order valence-corrected chi connectivity index (χ0v) is 15.4. The predicted molar refractivity (Wildman–Crippen MR) is 101 cm³/mol. The van der Waals surface area contributed by atoms with E-state index >= 15 is 0 Å². The number of halogens is 1. The van der Waals surface area contributed by atoms with E-state index in [4.69, 9.17) is 0 Å². The van der Waals surface area contributed by atoms with Crippen LogP contribution >= 0.6 is 15.9 Å². The number of hydrogen-bond acceptors (Lipinski definition) is 3. The molecule has 0 bridgehead atoms. The summed E-state index contributed by atoms with van der Waals surface area (Å²) in [7, 11) is 0. The van der Waals surface area contributed by atoms with Crippen molar-refractivity contribution in [1.29, 1.82) is 5.26 Å². The van der Waals surface area contributed by atoms with Gasteiger partial charge in [0.05, 0.1) is 0 Å². The summed E-state index contributed by atoms with van der Waals surface area (Å²) >= 11 is 3.40. The minimum absolute atomic E-state index is 0.0114. The number of carbonyl (C=O) groups is 1. The fourth-order valence-electron chi connectivity index (χ4n) is 2.23. The Labute approximate surface area is 150 Å². The van der Waals surface area contributed by atoms with E-state index in [2.05, 4.69) is 26.6 Å². The average Bonchev–Trinajstić information content (AvgIpc) is 2.52. The standard InChI is InChI=1S/C19H18BrN3O/c1-12-4-6-18(13(2)8-12)23-19(24)15(10-21)11-22-17-7-5-16(20)9-14(17)3/h4-9,11,22H,1-3H3,(H,23,24)/b15-11-. The number of nitriles is 1. The van der Waals surface area contributed by atoms with Crippen LogP contribution in [0.15, 0.2) is 52.6 Å². The zero-order valence-electron chi connectivity index (χ0n) is 13.8. The first-order valence-electron chi connectivity index (χ1n) is 7.42. The molecule has 0 radical (unpaired) electrons. The normalized spacial score (nSPS) is 10.9. The monoisotopic (exact) mass is 383 g/mol. The quantitative estimate of drug-likeness (QED) is 0.586. The molecule has 0 aliphatic heterocycles. The summed E-state index contributed by atoms with van der Waals surface area (Å²) in [5.74, 6) is -0.438. The topological polar surface area (TPSA) is 64.9 Å². The molecule has 122 valence electrons. The molecule has 0 aliphatic rings. The van der Waals surface area contributed by atoms with E-state index in [1.165, 1.54) is 6.20 Å². The number of benzene rings is 2. The number of amides is 1. The maximum absolute atomic E-state index is 12.3. The third-order valence-corrected chi connectivity index (χ3v) is 4.05. The van der Waals surface area contributed by atoms with Gasteiger partial charge in [0.2, 0.25) is 0 Å². The van der Waals surface area contributed by atoms with E-state index in [-0.39, 0.29) is 5.57 Å². The van der Waals surface area contributed by atoms with Gasteiger partial charge in [0.25, 0.3) is 5.91 Å². The third-order valence-electron chi connectivity index (χ3n) is 3.56. The molecule has 2 aromatic carbocycles. The van der Waals surface area contributed by atoms with Gasteiger partial charge in [-0.25, -0.2) is 0 Å². The maximum atomic E-state index is 12.3. The zero-order chi connectivity index (χ0) is 17.7. The van der Waals surface area contributed by atoms with Gasteiger partial charge in [-0.05, 0) is 56.2 Å². The van der Waals surface area contributed by atoms with Gasteiger partial charge in [-0.2, -0.15) is 5.26 Å². The van der Waals surface area contributed by atoms with Crippen LogP contribution in [0.1, 0.15) is 16.7 Å². The molecule has 2 aromatic rings. The second-order valence-corrected chi connectivity index (χ2v) is 6.46. The molecule has 0 unspecified atom stereocenters. The van der Waals surface area contributed by atoms with Crippen molar-refractivity contribution in [3.8, 4) is 6.07 Å². The molecule has 2 N–H and O–H groups in total. The summed E-state index contributed by atoms with van der Waals surface area (Å²) in [6.45, 7) is 5.86. The minimum Gasteiger partial charge on any atom is -0.360 e. The number of hydrogen-bond donors (Lipinski definition) is 2. The molecule has 0 heterocycles. The summed E-state index contributed by atoms with van der Waals surface area (Å²) in [5.41, 5.74) is 4.63. The Balaban J connectivity index is 2.15. The molecular weight excluding hydrogens is 366 g/mol. The number of nitrogens with one attached hydrogen (secondary N) is 2. The summed E-state index contributed by atoms with van der Waals surface area (Å²) < 4.78 is 0.975. The van der Waals surface area contributed by atoms with Crippen molar-refractivity contribution in [3.63, 3.8) is 0 Å². The molecule has 2 rings (SSSR count). The lowest BCUT2D eigenvalue weighted by atomic mass is 10.1. The summed E-state index contributed by atoms with van der Waals surface area (Å²) in [6.07, 6.45) is 1.43. The van der Waals surface area contributed by atoms with Crippen LogP contribution in [0.25, 0.3) is 0 Å². The van der Waals surface area contributed by atoms with Crippen molar-refractivity contribution in [3.05, 3.63) is 69.3 Å². The Bertz CT molecular complexity index is 850. The van der Waals surface area contributed by atoms with Gasteiger partial charge in [-0.15, -0.1) is 0 Å². The number of rotatable bonds is 4. The minimum atomic E-state index is -0.438. The average molecular weight is 384 g/mol. The molecule has 1 amide bonds. The molecule has 0 atom stereocenters. The van der Waals surface area contributed by atoms with E-state index < -0.39 is 5.91 Å². The smallest absolute Gasteiger partial charge is 0.267 e. The van der Waals surface area contributed by atoms with Crippen LogP contribution in [0.5, 0.6) is 0 Å². The van der Waals surface area contributed by atoms with E-state index in [0.29, 0.717) is 5.69 Å². The summed E-state index contributed by atoms with van der Waals surface area (Å²) in [6, 6.07) is 13.4. The predicted octanol–water partition coefficient (Wildman–Crippen LogP) is 4.83.